The third-order valence-electron chi connectivity index (χ3n) is 4.51. The van der Waals surface area contributed by atoms with Crippen molar-refractivity contribution < 1.29 is 13.2 Å². The van der Waals surface area contributed by atoms with E-state index >= 15 is 0 Å². The first-order valence-electron chi connectivity index (χ1n) is 7.93. The van der Waals surface area contributed by atoms with Gasteiger partial charge in [-0.2, -0.15) is 0 Å². The largest absolute Gasteiger partial charge is 0.381 e. The molecular formula is C16H24N2O3S. The molecule has 0 aliphatic carbocycles. The van der Waals surface area contributed by atoms with Crippen LogP contribution in [-0.4, -0.2) is 41.0 Å². The maximum atomic E-state index is 12.5. The molecule has 1 aromatic rings. The van der Waals surface area contributed by atoms with Gasteiger partial charge in [0.25, 0.3) is 0 Å². The van der Waals surface area contributed by atoms with Crippen LogP contribution in [-0.2, 0) is 14.8 Å². The Labute approximate surface area is 132 Å². The van der Waals surface area contributed by atoms with Crippen LogP contribution >= 0.6 is 0 Å². The van der Waals surface area contributed by atoms with E-state index in [-0.39, 0.29) is 17.7 Å². The van der Waals surface area contributed by atoms with Gasteiger partial charge in [0.1, 0.15) is 0 Å². The van der Waals surface area contributed by atoms with Crippen LogP contribution in [0.2, 0.25) is 0 Å². The predicted molar refractivity (Wildman–Crippen MR) is 87.5 cm³/mol. The molecule has 0 radical (unpaired) electrons. The molecule has 2 aliphatic heterocycles. The van der Waals surface area contributed by atoms with Gasteiger partial charge in [-0.05, 0) is 36.8 Å². The second-order valence-electron chi connectivity index (χ2n) is 6.30. The molecule has 122 valence electrons. The molecule has 22 heavy (non-hydrogen) atoms. The van der Waals surface area contributed by atoms with Crippen LogP contribution in [0.15, 0.2) is 24.3 Å². The number of anilines is 1. The van der Waals surface area contributed by atoms with E-state index in [9.17, 15) is 8.42 Å². The van der Waals surface area contributed by atoms with E-state index in [0.29, 0.717) is 13.2 Å². The van der Waals surface area contributed by atoms with E-state index < -0.39 is 10.0 Å². The fourth-order valence-corrected chi connectivity index (χ4v) is 5.01. The van der Waals surface area contributed by atoms with Crippen molar-refractivity contribution in [2.75, 3.05) is 37.5 Å². The van der Waals surface area contributed by atoms with Crippen molar-refractivity contribution in [3.8, 4) is 0 Å². The van der Waals surface area contributed by atoms with Gasteiger partial charge in [0, 0.05) is 31.9 Å². The molecule has 1 saturated heterocycles. The Morgan fingerprint density at radius 1 is 1.32 bits per heavy atom. The van der Waals surface area contributed by atoms with Crippen molar-refractivity contribution in [3.05, 3.63) is 29.8 Å². The van der Waals surface area contributed by atoms with Gasteiger partial charge in [0.05, 0.1) is 12.4 Å². The number of nitrogens with zero attached hydrogens (tertiary/aromatic N) is 1. The number of rotatable bonds is 4. The second kappa shape index (κ2) is 6.56. The van der Waals surface area contributed by atoms with Crippen LogP contribution in [0.3, 0.4) is 0 Å². The molecule has 5 nitrogen and oxygen atoms in total. The molecule has 1 aromatic carbocycles. The summed E-state index contributed by atoms with van der Waals surface area (Å²) in [5.74, 6) is 0.294. The third kappa shape index (κ3) is 3.62. The number of fused-ring (bicyclic) bond motifs is 1. The van der Waals surface area contributed by atoms with Crippen LogP contribution in [0, 0.1) is 5.92 Å². The summed E-state index contributed by atoms with van der Waals surface area (Å²) in [6.45, 7) is 2.19. The highest BCUT2D eigenvalue weighted by atomic mass is 32.2. The molecule has 0 aromatic heterocycles. The molecule has 2 heterocycles. The van der Waals surface area contributed by atoms with Crippen molar-refractivity contribution in [3.63, 3.8) is 0 Å². The minimum atomic E-state index is -3.29. The van der Waals surface area contributed by atoms with Gasteiger partial charge in [0.15, 0.2) is 0 Å². The van der Waals surface area contributed by atoms with Gasteiger partial charge in [-0.3, -0.25) is 0 Å². The van der Waals surface area contributed by atoms with Crippen LogP contribution in [0.4, 0.5) is 5.69 Å². The fraction of sp³-hybridized carbons (Fsp3) is 0.625. The van der Waals surface area contributed by atoms with Crippen LogP contribution in [0.25, 0.3) is 0 Å². The smallest absolute Gasteiger partial charge is 0.212 e. The van der Waals surface area contributed by atoms with E-state index in [1.807, 2.05) is 18.2 Å². The summed E-state index contributed by atoms with van der Waals surface area (Å²) >= 11 is 0. The number of ether oxygens (including phenoxy) is 1. The summed E-state index contributed by atoms with van der Waals surface area (Å²) in [5, 5.41) is 0. The summed E-state index contributed by atoms with van der Waals surface area (Å²) < 4.78 is 33.2. The Morgan fingerprint density at radius 3 is 2.91 bits per heavy atom. The van der Waals surface area contributed by atoms with Crippen LogP contribution in [0.5, 0.6) is 0 Å². The van der Waals surface area contributed by atoms with Gasteiger partial charge in [-0.1, -0.05) is 18.2 Å². The zero-order chi connectivity index (χ0) is 15.6. The van der Waals surface area contributed by atoms with E-state index in [4.69, 9.17) is 4.74 Å². The molecule has 2 atom stereocenters. The van der Waals surface area contributed by atoms with Crippen molar-refractivity contribution in [1.82, 2.24) is 4.72 Å². The average molecular weight is 324 g/mol. The molecular weight excluding hydrogens is 300 g/mol. The summed E-state index contributed by atoms with van der Waals surface area (Å²) in [4.78, 5) is 2.20. The summed E-state index contributed by atoms with van der Waals surface area (Å²) in [5.41, 5.74) is 2.20. The molecule has 6 heteroatoms. The Kier molecular flexibility index (Phi) is 4.70. The summed E-state index contributed by atoms with van der Waals surface area (Å²) in [7, 11) is -1.23. The standard InChI is InChI=1S/C16H24N2O3S/c1-18-9-4-6-15(14-5-2-3-7-16(14)18)17-22(19,20)12-13-8-10-21-11-13/h2-3,5,7,13,15,17H,4,6,8-12H2,1H3. The van der Waals surface area contributed by atoms with Crippen molar-refractivity contribution in [1.29, 1.82) is 0 Å². The van der Waals surface area contributed by atoms with Gasteiger partial charge >= 0.3 is 0 Å². The number of hydrogen-bond acceptors (Lipinski definition) is 4. The van der Waals surface area contributed by atoms with E-state index in [2.05, 4.69) is 22.7 Å². The van der Waals surface area contributed by atoms with Crippen molar-refractivity contribution in [2.24, 2.45) is 5.92 Å². The van der Waals surface area contributed by atoms with Crippen molar-refractivity contribution in [2.45, 2.75) is 25.3 Å². The quantitative estimate of drug-likeness (QED) is 0.919. The van der Waals surface area contributed by atoms with Gasteiger partial charge in [0.2, 0.25) is 10.0 Å². The molecule has 0 saturated carbocycles. The maximum absolute atomic E-state index is 12.5. The summed E-state index contributed by atoms with van der Waals surface area (Å²) in [6, 6.07) is 7.94. The lowest BCUT2D eigenvalue weighted by Gasteiger charge is -2.22. The lowest BCUT2D eigenvalue weighted by molar-refractivity contribution is 0.188. The number of benzene rings is 1. The zero-order valence-electron chi connectivity index (χ0n) is 13.0. The lowest BCUT2D eigenvalue weighted by Crippen LogP contribution is -2.33. The Hall–Kier alpha value is -1.11. The SMILES string of the molecule is CN1CCCC(NS(=O)(=O)CC2CCOC2)c2ccccc21. The Morgan fingerprint density at radius 2 is 2.14 bits per heavy atom. The van der Waals surface area contributed by atoms with E-state index in [1.165, 1.54) is 0 Å². The van der Waals surface area contributed by atoms with E-state index in [1.54, 1.807) is 0 Å². The third-order valence-corrected chi connectivity index (χ3v) is 6.06. The minimum Gasteiger partial charge on any atom is -0.381 e. The number of nitrogens with one attached hydrogen (secondary N) is 1. The normalized spacial score (nSPS) is 25.8. The lowest BCUT2D eigenvalue weighted by atomic mass is 10.0. The average Bonchev–Trinajstić information content (AvgIpc) is 2.92. The molecule has 0 bridgehead atoms. The maximum Gasteiger partial charge on any atom is 0.212 e. The molecule has 0 spiro atoms. The first-order valence-corrected chi connectivity index (χ1v) is 9.58. The molecule has 2 unspecified atom stereocenters. The number of sulfonamides is 1. The highest BCUT2D eigenvalue weighted by Crippen LogP contribution is 2.32. The highest BCUT2D eigenvalue weighted by molar-refractivity contribution is 7.89. The molecule has 0 amide bonds. The Balaban J connectivity index is 1.77. The predicted octanol–water partition coefficient (Wildman–Crippen LogP) is 1.91. The number of hydrogen-bond donors (Lipinski definition) is 1. The molecule has 1 N–H and O–H groups in total. The van der Waals surface area contributed by atoms with Gasteiger partial charge in [-0.25, -0.2) is 13.1 Å². The van der Waals surface area contributed by atoms with Gasteiger partial charge < -0.3 is 9.64 Å². The van der Waals surface area contributed by atoms with Gasteiger partial charge in [-0.15, -0.1) is 0 Å². The molecule has 2 aliphatic rings. The van der Waals surface area contributed by atoms with Crippen LogP contribution in [0.1, 0.15) is 30.9 Å². The van der Waals surface area contributed by atoms with Crippen LogP contribution < -0.4 is 9.62 Å². The highest BCUT2D eigenvalue weighted by Gasteiger charge is 2.28. The monoisotopic (exact) mass is 324 g/mol. The molecule has 1 fully saturated rings. The van der Waals surface area contributed by atoms with Crippen molar-refractivity contribution >= 4 is 15.7 Å². The first kappa shape index (κ1) is 15.8. The minimum absolute atomic E-state index is 0.126. The second-order valence-corrected chi connectivity index (χ2v) is 8.10. The topological polar surface area (TPSA) is 58.6 Å². The molecule has 3 rings (SSSR count). The first-order chi connectivity index (χ1) is 10.6. The zero-order valence-corrected chi connectivity index (χ0v) is 13.8. The number of para-hydroxylation sites is 1. The Bertz CT molecular complexity index is 612. The van der Waals surface area contributed by atoms with E-state index in [0.717, 1.165) is 37.1 Å². The fourth-order valence-electron chi connectivity index (χ4n) is 3.35. The summed E-state index contributed by atoms with van der Waals surface area (Å²) in [6.07, 6.45) is 2.65.